The van der Waals surface area contributed by atoms with Crippen molar-refractivity contribution >= 4 is 44.7 Å². The van der Waals surface area contributed by atoms with Gasteiger partial charge in [0.25, 0.3) is 0 Å². The van der Waals surface area contributed by atoms with Crippen LogP contribution in [-0.4, -0.2) is 18.0 Å². The van der Waals surface area contributed by atoms with Gasteiger partial charge in [-0.25, -0.2) is 0 Å². The molecule has 0 unspecified atom stereocenters. The summed E-state index contributed by atoms with van der Waals surface area (Å²) in [4.78, 5) is 13.6. The van der Waals surface area contributed by atoms with E-state index in [2.05, 4.69) is 26.6 Å². The third-order valence-corrected chi connectivity index (χ3v) is 7.11. The fourth-order valence-electron chi connectivity index (χ4n) is 4.63. The Morgan fingerprint density at radius 1 is 1.03 bits per heavy atom. The van der Waals surface area contributed by atoms with Gasteiger partial charge < -0.3 is 20.5 Å². The van der Waals surface area contributed by atoms with Crippen LogP contribution in [0.3, 0.4) is 0 Å². The predicted molar refractivity (Wildman–Crippen MR) is 134 cm³/mol. The molecule has 2 aliphatic rings. The number of anilines is 2. The van der Waals surface area contributed by atoms with Gasteiger partial charge in [0.1, 0.15) is 0 Å². The minimum atomic E-state index is -0.402. The minimum absolute atomic E-state index is 0.0281. The zero-order valence-electron chi connectivity index (χ0n) is 17.9. The quantitative estimate of drug-likeness (QED) is 0.351. The van der Waals surface area contributed by atoms with Crippen molar-refractivity contribution in [1.82, 2.24) is 0 Å². The second-order valence-corrected chi connectivity index (χ2v) is 9.56. The Kier molecular flexibility index (Phi) is 5.81. The van der Waals surface area contributed by atoms with Gasteiger partial charge in [-0.15, -0.1) is 0 Å². The van der Waals surface area contributed by atoms with Crippen LogP contribution < -0.4 is 15.4 Å². The number of halogens is 2. The highest BCUT2D eigenvalue weighted by Crippen LogP contribution is 2.46. The van der Waals surface area contributed by atoms with Crippen LogP contribution in [0.4, 0.5) is 11.4 Å². The van der Waals surface area contributed by atoms with Gasteiger partial charge in [-0.05, 0) is 75.8 Å². The summed E-state index contributed by atoms with van der Waals surface area (Å²) in [6.45, 7) is 0. The number of methoxy groups -OCH3 is 1. The molecular formula is C26H22BrClN2O3. The fourth-order valence-corrected chi connectivity index (χ4v) is 5.21. The number of nitrogens with one attached hydrogen (secondary N) is 2. The summed E-state index contributed by atoms with van der Waals surface area (Å²) in [6, 6.07) is 18.8. The summed E-state index contributed by atoms with van der Waals surface area (Å²) >= 11 is 9.49. The summed E-state index contributed by atoms with van der Waals surface area (Å²) in [5, 5.41) is 18.1. The number of carbonyl (C=O) groups is 1. The molecule has 5 nitrogen and oxygen atoms in total. The van der Waals surface area contributed by atoms with Crippen molar-refractivity contribution in [3.63, 3.8) is 0 Å². The van der Waals surface area contributed by atoms with Crippen LogP contribution in [0.25, 0.3) is 0 Å². The summed E-state index contributed by atoms with van der Waals surface area (Å²) in [5.74, 6) is 0.515. The molecule has 7 heteroatoms. The Morgan fingerprint density at radius 3 is 2.48 bits per heavy atom. The SMILES string of the molecule is COc1cc([C@H]2Nc3ccccc3NC3=C2C(=O)C[C@H](c2ccc(Cl)cc2)C3)cc(Br)c1O. The van der Waals surface area contributed by atoms with Crippen LogP contribution in [0.5, 0.6) is 11.5 Å². The molecule has 0 fully saturated rings. The lowest BCUT2D eigenvalue weighted by Gasteiger charge is -2.30. The Hall–Kier alpha value is -2.96. The average molecular weight is 526 g/mol. The van der Waals surface area contributed by atoms with E-state index in [0.29, 0.717) is 33.7 Å². The molecule has 3 N–H and O–H groups in total. The van der Waals surface area contributed by atoms with Gasteiger partial charge in [-0.1, -0.05) is 35.9 Å². The molecular weight excluding hydrogens is 504 g/mol. The first-order chi connectivity index (χ1) is 15.9. The second kappa shape index (κ2) is 8.76. The average Bonchev–Trinajstić information content (AvgIpc) is 2.98. The third kappa shape index (κ3) is 4.09. The molecule has 1 aliphatic heterocycles. The maximum Gasteiger partial charge on any atom is 0.172 e. The van der Waals surface area contributed by atoms with Crippen LogP contribution in [0, 0.1) is 0 Å². The van der Waals surface area contributed by atoms with E-state index in [-0.39, 0.29) is 17.5 Å². The van der Waals surface area contributed by atoms with Gasteiger partial charge >= 0.3 is 0 Å². The number of para-hydroxylation sites is 2. The lowest BCUT2D eigenvalue weighted by Crippen LogP contribution is -2.27. The van der Waals surface area contributed by atoms with Crippen molar-refractivity contribution in [2.24, 2.45) is 0 Å². The number of allylic oxidation sites excluding steroid dienone is 1. The number of rotatable bonds is 3. The molecule has 3 aromatic rings. The van der Waals surface area contributed by atoms with E-state index in [0.717, 1.165) is 28.2 Å². The first-order valence-corrected chi connectivity index (χ1v) is 11.8. The first-order valence-electron chi connectivity index (χ1n) is 10.6. The first kappa shape index (κ1) is 21.9. The molecule has 168 valence electrons. The number of fused-ring (bicyclic) bond motifs is 1. The zero-order valence-corrected chi connectivity index (χ0v) is 20.2. The molecule has 0 radical (unpaired) electrons. The smallest absolute Gasteiger partial charge is 0.172 e. The lowest BCUT2D eigenvalue weighted by molar-refractivity contribution is -0.116. The van der Waals surface area contributed by atoms with Crippen LogP contribution in [-0.2, 0) is 4.79 Å². The van der Waals surface area contributed by atoms with Crippen molar-refractivity contribution in [3.05, 3.63) is 92.6 Å². The fraction of sp³-hybridized carbons (Fsp3) is 0.192. The zero-order chi connectivity index (χ0) is 23.1. The van der Waals surface area contributed by atoms with Gasteiger partial charge in [0.05, 0.1) is 29.0 Å². The number of phenolic OH excluding ortho intramolecular Hbond substituents is 1. The Balaban J connectivity index is 1.63. The molecule has 0 saturated heterocycles. The highest BCUT2D eigenvalue weighted by Gasteiger charge is 2.36. The van der Waals surface area contributed by atoms with Crippen molar-refractivity contribution in [1.29, 1.82) is 0 Å². The summed E-state index contributed by atoms with van der Waals surface area (Å²) in [7, 11) is 1.51. The maximum absolute atomic E-state index is 13.6. The van der Waals surface area contributed by atoms with Crippen LogP contribution >= 0.6 is 27.5 Å². The van der Waals surface area contributed by atoms with Crippen molar-refractivity contribution in [3.8, 4) is 11.5 Å². The summed E-state index contributed by atoms with van der Waals surface area (Å²) in [5.41, 5.74) is 5.34. The van der Waals surface area contributed by atoms with Gasteiger partial charge in [0.15, 0.2) is 17.3 Å². The number of hydrogen-bond donors (Lipinski definition) is 3. The molecule has 1 aliphatic carbocycles. The van der Waals surface area contributed by atoms with Crippen molar-refractivity contribution in [2.75, 3.05) is 17.7 Å². The summed E-state index contributed by atoms with van der Waals surface area (Å²) in [6.07, 6.45) is 1.11. The normalized spacial score (nSPS) is 19.7. The van der Waals surface area contributed by atoms with Crippen molar-refractivity contribution < 1.29 is 14.6 Å². The highest BCUT2D eigenvalue weighted by molar-refractivity contribution is 9.10. The van der Waals surface area contributed by atoms with E-state index < -0.39 is 6.04 Å². The number of benzene rings is 3. The van der Waals surface area contributed by atoms with Gasteiger partial charge in [0, 0.05) is 22.7 Å². The largest absolute Gasteiger partial charge is 0.503 e. The second-order valence-electron chi connectivity index (χ2n) is 8.27. The standard InChI is InChI=1S/C26H22BrClN2O3/c1-33-23-13-16(10-18(27)26(23)32)25-24-21(29-19-4-2-3-5-20(19)30-25)11-15(12-22(24)31)14-6-8-17(28)9-7-14/h2-10,13,15,25,29-30,32H,11-12H2,1H3/t15-,25-/m1/s1. The molecule has 5 rings (SSSR count). The predicted octanol–water partition coefficient (Wildman–Crippen LogP) is 6.80. The number of ether oxygens (including phenoxy) is 1. The highest BCUT2D eigenvalue weighted by atomic mass is 79.9. The summed E-state index contributed by atoms with van der Waals surface area (Å²) < 4.78 is 5.88. The monoisotopic (exact) mass is 524 g/mol. The molecule has 33 heavy (non-hydrogen) atoms. The molecule has 2 atom stereocenters. The number of Topliss-reactive ketones (excluding diaryl/α,β-unsaturated/α-hetero) is 1. The van der Waals surface area contributed by atoms with E-state index in [4.69, 9.17) is 16.3 Å². The van der Waals surface area contributed by atoms with E-state index in [1.165, 1.54) is 7.11 Å². The number of carbonyl (C=O) groups excluding carboxylic acids is 1. The molecule has 3 aromatic carbocycles. The molecule has 1 heterocycles. The molecule has 0 bridgehead atoms. The van der Waals surface area contributed by atoms with Crippen LogP contribution in [0.1, 0.15) is 35.9 Å². The molecule has 0 saturated carbocycles. The lowest BCUT2D eigenvalue weighted by atomic mass is 9.78. The molecule has 0 amide bonds. The Bertz CT molecular complexity index is 1270. The van der Waals surface area contributed by atoms with Crippen LogP contribution in [0.15, 0.2) is 76.4 Å². The molecule has 0 aromatic heterocycles. The van der Waals surface area contributed by atoms with Crippen molar-refractivity contribution in [2.45, 2.75) is 24.8 Å². The number of hydrogen-bond acceptors (Lipinski definition) is 5. The third-order valence-electron chi connectivity index (χ3n) is 6.25. The van der Waals surface area contributed by atoms with Gasteiger partial charge in [-0.2, -0.15) is 0 Å². The van der Waals surface area contributed by atoms with Gasteiger partial charge in [-0.3, -0.25) is 4.79 Å². The maximum atomic E-state index is 13.6. The van der Waals surface area contributed by atoms with Gasteiger partial charge in [0.2, 0.25) is 0 Å². The number of ketones is 1. The topological polar surface area (TPSA) is 70.6 Å². The van der Waals surface area contributed by atoms with Crippen LogP contribution in [0.2, 0.25) is 5.02 Å². The van der Waals surface area contributed by atoms with E-state index in [1.807, 2.05) is 54.6 Å². The van der Waals surface area contributed by atoms with E-state index >= 15 is 0 Å². The van der Waals surface area contributed by atoms with E-state index in [1.54, 1.807) is 6.07 Å². The number of phenols is 1. The Morgan fingerprint density at radius 2 is 1.76 bits per heavy atom. The minimum Gasteiger partial charge on any atom is -0.503 e. The molecule has 0 spiro atoms. The van der Waals surface area contributed by atoms with E-state index in [9.17, 15) is 9.90 Å². The number of aromatic hydroxyl groups is 1. The Labute approximate surface area is 205 Å².